The highest BCUT2D eigenvalue weighted by atomic mass is 19.1. The zero-order valence-corrected chi connectivity index (χ0v) is 14.0. The van der Waals surface area contributed by atoms with Crippen LogP contribution in [0, 0.1) is 5.82 Å². The number of aromatic nitrogens is 1. The van der Waals surface area contributed by atoms with Crippen LogP contribution in [0.2, 0.25) is 0 Å². The van der Waals surface area contributed by atoms with Crippen LogP contribution in [-0.4, -0.2) is 37.3 Å². The van der Waals surface area contributed by atoms with Gasteiger partial charge in [0, 0.05) is 25.7 Å². The van der Waals surface area contributed by atoms with Gasteiger partial charge in [0.05, 0.1) is 13.2 Å². The van der Waals surface area contributed by atoms with Gasteiger partial charge in [-0.25, -0.2) is 14.2 Å². The van der Waals surface area contributed by atoms with Crippen LogP contribution in [0.3, 0.4) is 0 Å². The van der Waals surface area contributed by atoms with E-state index in [1.807, 2.05) is 0 Å². The third-order valence-electron chi connectivity index (χ3n) is 4.02. The zero-order valence-electron chi connectivity index (χ0n) is 14.0. The largest absolute Gasteiger partial charge is 0.493 e. The highest BCUT2D eigenvalue weighted by Gasteiger charge is 2.21. The van der Waals surface area contributed by atoms with E-state index < -0.39 is 0 Å². The second-order valence-electron chi connectivity index (χ2n) is 5.86. The smallest absolute Gasteiger partial charge is 0.341 e. The van der Waals surface area contributed by atoms with Gasteiger partial charge in [-0.3, -0.25) is 0 Å². The van der Waals surface area contributed by atoms with E-state index in [9.17, 15) is 9.18 Å². The summed E-state index contributed by atoms with van der Waals surface area (Å²) in [4.78, 5) is 18.8. The zero-order chi connectivity index (χ0) is 17.5. The molecule has 0 spiro atoms. The summed E-state index contributed by atoms with van der Waals surface area (Å²) in [5, 5.41) is 0. The summed E-state index contributed by atoms with van der Waals surface area (Å²) in [5.74, 6) is 0.632. The topological polar surface area (TPSA) is 51.7 Å². The summed E-state index contributed by atoms with van der Waals surface area (Å²) in [6, 6.07) is 9.32. The number of halogens is 1. The molecule has 0 saturated carbocycles. The number of anilines is 1. The second-order valence-corrected chi connectivity index (χ2v) is 5.86. The van der Waals surface area contributed by atoms with E-state index in [-0.39, 0.29) is 18.4 Å². The van der Waals surface area contributed by atoms with E-state index in [4.69, 9.17) is 9.47 Å². The maximum Gasteiger partial charge on any atom is 0.341 e. The third-order valence-corrected chi connectivity index (χ3v) is 4.02. The first-order chi connectivity index (χ1) is 12.2. The number of hydrogen-bond donors (Lipinski definition) is 0. The maximum atomic E-state index is 12.8. The highest BCUT2D eigenvalue weighted by Crippen LogP contribution is 2.22. The Morgan fingerprint density at radius 1 is 1.12 bits per heavy atom. The monoisotopic (exact) mass is 344 g/mol. The van der Waals surface area contributed by atoms with Gasteiger partial charge < -0.3 is 14.4 Å². The lowest BCUT2D eigenvalue weighted by Crippen LogP contribution is -2.22. The molecule has 0 unspecified atom stereocenters. The van der Waals surface area contributed by atoms with Crippen LogP contribution in [0.5, 0.6) is 5.75 Å². The summed E-state index contributed by atoms with van der Waals surface area (Å²) in [6.45, 7) is 2.49. The summed E-state index contributed by atoms with van der Waals surface area (Å²) >= 11 is 0. The van der Waals surface area contributed by atoms with Gasteiger partial charge in [0.2, 0.25) is 0 Å². The molecule has 0 radical (unpaired) electrons. The molecule has 132 valence electrons. The van der Waals surface area contributed by atoms with Crippen LogP contribution >= 0.6 is 0 Å². The van der Waals surface area contributed by atoms with Gasteiger partial charge in [-0.05, 0) is 49.2 Å². The Bertz CT molecular complexity index is 700. The Balaban J connectivity index is 1.46. The second kappa shape index (κ2) is 8.46. The van der Waals surface area contributed by atoms with E-state index in [0.717, 1.165) is 25.9 Å². The number of esters is 1. The Morgan fingerprint density at radius 2 is 1.88 bits per heavy atom. The summed E-state index contributed by atoms with van der Waals surface area (Å²) in [7, 11) is 0. The standard InChI is InChI=1S/C19H21FN2O3/c20-15-6-8-16(9-7-15)24-13-4-14-25-19(23)17-5-3-10-21-18(17)22-11-1-2-12-22/h3,5-10H,1-2,4,11-14H2. The first-order valence-electron chi connectivity index (χ1n) is 8.49. The molecule has 0 N–H and O–H groups in total. The van der Waals surface area contributed by atoms with Crippen molar-refractivity contribution in [1.29, 1.82) is 0 Å². The van der Waals surface area contributed by atoms with Crippen LogP contribution in [0.1, 0.15) is 29.6 Å². The van der Waals surface area contributed by atoms with Crippen molar-refractivity contribution in [3.05, 3.63) is 54.0 Å². The molecule has 6 heteroatoms. The maximum absolute atomic E-state index is 12.8. The quantitative estimate of drug-likeness (QED) is 0.569. The number of benzene rings is 1. The minimum absolute atomic E-state index is 0.258. The highest BCUT2D eigenvalue weighted by molar-refractivity contribution is 5.94. The van der Waals surface area contributed by atoms with Crippen molar-refractivity contribution in [3.8, 4) is 5.75 Å². The Labute approximate surface area is 146 Å². The molecule has 1 saturated heterocycles. The molecule has 1 aromatic heterocycles. The van der Waals surface area contributed by atoms with Crippen molar-refractivity contribution < 1.29 is 18.7 Å². The predicted molar refractivity (Wildman–Crippen MR) is 92.5 cm³/mol. The molecule has 3 rings (SSSR count). The molecule has 1 aromatic carbocycles. The average Bonchev–Trinajstić information content (AvgIpc) is 3.17. The van der Waals surface area contributed by atoms with Crippen LogP contribution in [0.25, 0.3) is 0 Å². The Morgan fingerprint density at radius 3 is 2.64 bits per heavy atom. The Hall–Kier alpha value is -2.63. The summed E-state index contributed by atoms with van der Waals surface area (Å²) < 4.78 is 23.6. The number of ether oxygens (including phenoxy) is 2. The number of carbonyl (C=O) groups is 1. The Kier molecular flexibility index (Phi) is 5.82. The van der Waals surface area contributed by atoms with Gasteiger partial charge >= 0.3 is 5.97 Å². The van der Waals surface area contributed by atoms with Crippen LogP contribution < -0.4 is 9.64 Å². The van der Waals surface area contributed by atoms with Gasteiger partial charge in [-0.1, -0.05) is 0 Å². The minimum atomic E-state index is -0.364. The molecule has 1 aliphatic heterocycles. The van der Waals surface area contributed by atoms with Gasteiger partial charge in [0.25, 0.3) is 0 Å². The number of pyridine rings is 1. The third kappa shape index (κ3) is 4.68. The normalized spacial score (nSPS) is 13.7. The van der Waals surface area contributed by atoms with Gasteiger partial charge in [0.15, 0.2) is 0 Å². The lowest BCUT2D eigenvalue weighted by Gasteiger charge is -2.18. The fourth-order valence-electron chi connectivity index (χ4n) is 2.76. The lowest BCUT2D eigenvalue weighted by atomic mass is 10.2. The molecule has 2 heterocycles. The fourth-order valence-corrected chi connectivity index (χ4v) is 2.76. The lowest BCUT2D eigenvalue weighted by molar-refractivity contribution is 0.0486. The fraction of sp³-hybridized carbons (Fsp3) is 0.368. The molecule has 2 aromatic rings. The molecule has 1 aliphatic rings. The molecule has 0 atom stereocenters. The molecule has 0 aliphatic carbocycles. The molecular formula is C19H21FN2O3. The molecule has 0 bridgehead atoms. The molecule has 0 amide bonds. The van der Waals surface area contributed by atoms with Gasteiger partial charge in [-0.2, -0.15) is 0 Å². The van der Waals surface area contributed by atoms with Gasteiger partial charge in [-0.15, -0.1) is 0 Å². The van der Waals surface area contributed by atoms with E-state index >= 15 is 0 Å². The molecular weight excluding hydrogens is 323 g/mol. The van der Waals surface area contributed by atoms with Crippen molar-refractivity contribution in [1.82, 2.24) is 4.98 Å². The first kappa shape index (κ1) is 17.2. The molecule has 1 fully saturated rings. The molecule has 25 heavy (non-hydrogen) atoms. The van der Waals surface area contributed by atoms with Crippen molar-refractivity contribution >= 4 is 11.8 Å². The van der Waals surface area contributed by atoms with Crippen molar-refractivity contribution in [2.24, 2.45) is 0 Å². The SMILES string of the molecule is O=C(OCCCOc1ccc(F)cc1)c1cccnc1N1CCCC1. The van der Waals surface area contributed by atoms with E-state index in [0.29, 0.717) is 30.2 Å². The van der Waals surface area contributed by atoms with Crippen LogP contribution in [0.4, 0.5) is 10.2 Å². The predicted octanol–water partition coefficient (Wildman–Crippen LogP) is 3.45. The summed E-state index contributed by atoms with van der Waals surface area (Å²) in [5.41, 5.74) is 0.504. The van der Waals surface area contributed by atoms with E-state index in [1.165, 1.54) is 12.1 Å². The van der Waals surface area contributed by atoms with Crippen molar-refractivity contribution in [2.75, 3.05) is 31.2 Å². The van der Waals surface area contributed by atoms with Crippen molar-refractivity contribution in [2.45, 2.75) is 19.3 Å². The number of nitrogens with zero attached hydrogens (tertiary/aromatic N) is 2. The molecule has 5 nitrogen and oxygen atoms in total. The van der Waals surface area contributed by atoms with Crippen molar-refractivity contribution in [3.63, 3.8) is 0 Å². The van der Waals surface area contributed by atoms with E-state index in [1.54, 1.807) is 30.5 Å². The van der Waals surface area contributed by atoms with E-state index in [2.05, 4.69) is 9.88 Å². The van der Waals surface area contributed by atoms with Crippen LogP contribution in [-0.2, 0) is 4.74 Å². The number of carbonyl (C=O) groups excluding carboxylic acids is 1. The number of hydrogen-bond acceptors (Lipinski definition) is 5. The van der Waals surface area contributed by atoms with Crippen LogP contribution in [0.15, 0.2) is 42.6 Å². The average molecular weight is 344 g/mol. The number of rotatable bonds is 7. The summed E-state index contributed by atoms with van der Waals surface area (Å²) in [6.07, 6.45) is 4.49. The minimum Gasteiger partial charge on any atom is -0.493 e. The first-order valence-corrected chi connectivity index (χ1v) is 8.49. The van der Waals surface area contributed by atoms with Gasteiger partial charge in [0.1, 0.15) is 22.9 Å².